The van der Waals surface area contributed by atoms with Gasteiger partial charge in [-0.3, -0.25) is 9.59 Å². The normalized spacial score (nSPS) is 22.1. The van der Waals surface area contributed by atoms with Crippen molar-refractivity contribution in [2.75, 3.05) is 6.54 Å². The Morgan fingerprint density at radius 2 is 2.04 bits per heavy atom. The lowest BCUT2D eigenvalue weighted by molar-refractivity contribution is -0.137. The molecule has 1 atom stereocenters. The van der Waals surface area contributed by atoms with Crippen molar-refractivity contribution in [1.82, 2.24) is 14.9 Å². The van der Waals surface area contributed by atoms with Gasteiger partial charge in [-0.05, 0) is 32.4 Å². The molecule has 7 heteroatoms. The molecule has 1 aliphatic rings. The maximum atomic E-state index is 12.7. The van der Waals surface area contributed by atoms with Crippen LogP contribution in [0.1, 0.15) is 26.1 Å². The van der Waals surface area contributed by atoms with E-state index in [0.717, 1.165) is 0 Å². The molecule has 2 aromatic rings. The zero-order valence-corrected chi connectivity index (χ0v) is 14.4. The van der Waals surface area contributed by atoms with Crippen molar-refractivity contribution in [3.8, 4) is 0 Å². The molecule has 0 saturated heterocycles. The monoisotopic (exact) mass is 353 g/mol. The van der Waals surface area contributed by atoms with Gasteiger partial charge in [-0.15, -0.1) is 23.2 Å². The first-order chi connectivity index (χ1) is 10.8. The highest BCUT2D eigenvalue weighted by atomic mass is 35.5. The predicted octanol–water partition coefficient (Wildman–Crippen LogP) is 2.86. The third-order valence-corrected chi connectivity index (χ3v) is 5.50. The van der Waals surface area contributed by atoms with Gasteiger partial charge >= 0.3 is 0 Å². The summed E-state index contributed by atoms with van der Waals surface area (Å²) in [4.78, 5) is 33.6. The lowest BCUT2D eigenvalue weighted by Gasteiger charge is -2.24. The number of benzene rings is 1. The summed E-state index contributed by atoms with van der Waals surface area (Å²) >= 11 is 12.2. The van der Waals surface area contributed by atoms with E-state index in [2.05, 4.69) is 9.97 Å². The van der Waals surface area contributed by atoms with Gasteiger partial charge in [-0.2, -0.15) is 0 Å². The molecule has 5 nitrogen and oxygen atoms in total. The minimum absolute atomic E-state index is 0.124. The van der Waals surface area contributed by atoms with Gasteiger partial charge < -0.3 is 9.88 Å². The van der Waals surface area contributed by atoms with Gasteiger partial charge in [0.2, 0.25) is 5.91 Å². The quantitative estimate of drug-likeness (QED) is 0.859. The summed E-state index contributed by atoms with van der Waals surface area (Å²) in [5, 5.41) is 0.528. The van der Waals surface area contributed by atoms with Crippen LogP contribution in [-0.2, 0) is 11.3 Å². The largest absolute Gasteiger partial charge is 0.335 e. The van der Waals surface area contributed by atoms with E-state index in [1.807, 2.05) is 13.0 Å². The summed E-state index contributed by atoms with van der Waals surface area (Å²) in [6.45, 7) is 4.32. The van der Waals surface area contributed by atoms with Gasteiger partial charge in [-0.1, -0.05) is 12.1 Å². The van der Waals surface area contributed by atoms with Crippen molar-refractivity contribution in [3.05, 3.63) is 40.4 Å². The smallest absolute Gasteiger partial charge is 0.258 e. The first kappa shape index (κ1) is 16.3. The number of hydrogen-bond donors (Lipinski definition) is 1. The molecule has 1 saturated carbocycles. The maximum Gasteiger partial charge on any atom is 0.258 e. The lowest BCUT2D eigenvalue weighted by Crippen LogP contribution is -2.38. The average Bonchev–Trinajstić information content (AvgIpc) is 3.04. The van der Waals surface area contributed by atoms with E-state index in [1.165, 1.54) is 0 Å². The fraction of sp³-hybridized carbons (Fsp3) is 0.438. The molecule has 1 amide bonds. The second-order valence-corrected chi connectivity index (χ2v) is 7.55. The highest BCUT2D eigenvalue weighted by Gasteiger charge is 2.68. The number of carbonyl (C=O) groups excluding carboxylic acids is 1. The summed E-state index contributed by atoms with van der Waals surface area (Å²) in [5.41, 5.74) is -0.379. The fourth-order valence-electron chi connectivity index (χ4n) is 2.70. The van der Waals surface area contributed by atoms with Crippen LogP contribution in [0.2, 0.25) is 0 Å². The summed E-state index contributed by atoms with van der Waals surface area (Å²) < 4.78 is -1.01. The third kappa shape index (κ3) is 2.72. The molecule has 1 heterocycles. The number of H-pyrrole nitrogens is 1. The van der Waals surface area contributed by atoms with Crippen LogP contribution in [-0.4, -0.2) is 31.7 Å². The molecule has 0 spiro atoms. The highest BCUT2D eigenvalue weighted by molar-refractivity contribution is 6.53. The molecule has 1 aliphatic carbocycles. The van der Waals surface area contributed by atoms with Gasteiger partial charge in [-0.25, -0.2) is 4.98 Å². The first-order valence-electron chi connectivity index (χ1n) is 7.43. The Bertz CT molecular complexity index is 833. The SMILES string of the molecule is CCN(Cc1nc2ccccc2c(=O)[nH]1)C(=O)C1(C)CC1(Cl)Cl. The Kier molecular flexibility index (Phi) is 3.89. The van der Waals surface area contributed by atoms with Gasteiger partial charge in [0.25, 0.3) is 5.56 Å². The van der Waals surface area contributed by atoms with E-state index in [0.29, 0.717) is 29.7 Å². The standard InChI is InChI=1S/C16H17Cl2N3O2/c1-3-21(14(23)15(2)9-16(15,17)18)8-12-19-11-7-5-4-6-10(11)13(22)20-12/h4-7H,3,8-9H2,1-2H3,(H,19,20,22). The minimum atomic E-state index is -1.01. The number of nitrogens with one attached hydrogen (secondary N) is 1. The number of aromatic nitrogens is 2. The van der Waals surface area contributed by atoms with E-state index in [9.17, 15) is 9.59 Å². The average molecular weight is 354 g/mol. The molecule has 0 aliphatic heterocycles. The van der Waals surface area contributed by atoms with Gasteiger partial charge in [0.15, 0.2) is 0 Å². The number of fused-ring (bicyclic) bond motifs is 1. The van der Waals surface area contributed by atoms with Gasteiger partial charge in [0, 0.05) is 6.54 Å². The number of hydrogen-bond acceptors (Lipinski definition) is 3. The van der Waals surface area contributed by atoms with Crippen molar-refractivity contribution < 1.29 is 4.79 Å². The Hall–Kier alpha value is -1.59. The van der Waals surface area contributed by atoms with Crippen molar-refractivity contribution in [3.63, 3.8) is 0 Å². The third-order valence-electron chi connectivity index (χ3n) is 4.40. The molecular formula is C16H17Cl2N3O2. The van der Waals surface area contributed by atoms with Crippen LogP contribution in [0.4, 0.5) is 0 Å². The molecule has 1 aromatic heterocycles. The number of rotatable bonds is 4. The Labute approximate surface area is 143 Å². The zero-order valence-electron chi connectivity index (χ0n) is 12.9. The zero-order chi connectivity index (χ0) is 16.8. The van der Waals surface area contributed by atoms with Crippen LogP contribution in [0.3, 0.4) is 0 Å². The summed E-state index contributed by atoms with van der Waals surface area (Å²) in [5.74, 6) is 0.323. The van der Waals surface area contributed by atoms with Gasteiger partial charge in [0.05, 0.1) is 22.9 Å². The van der Waals surface area contributed by atoms with Gasteiger partial charge in [0.1, 0.15) is 10.2 Å². The van der Waals surface area contributed by atoms with Crippen molar-refractivity contribution in [2.45, 2.75) is 31.1 Å². The highest BCUT2D eigenvalue weighted by Crippen LogP contribution is 2.64. The van der Waals surface area contributed by atoms with Crippen molar-refractivity contribution in [1.29, 1.82) is 0 Å². The Morgan fingerprint density at radius 3 is 2.65 bits per heavy atom. The van der Waals surface area contributed by atoms with Crippen LogP contribution in [0, 0.1) is 5.41 Å². The number of nitrogens with zero attached hydrogens (tertiary/aromatic N) is 2. The number of carbonyl (C=O) groups is 1. The van der Waals surface area contributed by atoms with Crippen LogP contribution < -0.4 is 5.56 Å². The lowest BCUT2D eigenvalue weighted by atomic mass is 10.1. The molecule has 0 bridgehead atoms. The number of aromatic amines is 1. The summed E-state index contributed by atoms with van der Waals surface area (Å²) in [6, 6.07) is 7.10. The molecule has 122 valence electrons. The number of halogens is 2. The van der Waals surface area contributed by atoms with E-state index in [4.69, 9.17) is 23.2 Å². The topological polar surface area (TPSA) is 66.1 Å². The van der Waals surface area contributed by atoms with Crippen molar-refractivity contribution in [2.24, 2.45) is 5.41 Å². The van der Waals surface area contributed by atoms with Crippen LogP contribution in [0.15, 0.2) is 29.1 Å². The molecule has 3 rings (SSSR count). The molecule has 1 aromatic carbocycles. The van der Waals surface area contributed by atoms with E-state index in [-0.39, 0.29) is 18.0 Å². The molecule has 1 fully saturated rings. The molecule has 0 radical (unpaired) electrons. The Morgan fingerprint density at radius 1 is 1.39 bits per heavy atom. The van der Waals surface area contributed by atoms with E-state index in [1.54, 1.807) is 30.0 Å². The second kappa shape index (κ2) is 5.49. The molecule has 1 unspecified atom stereocenters. The van der Waals surface area contributed by atoms with E-state index >= 15 is 0 Å². The second-order valence-electron chi connectivity index (χ2n) is 6.06. The first-order valence-corrected chi connectivity index (χ1v) is 8.19. The summed E-state index contributed by atoms with van der Waals surface area (Å²) in [6.07, 6.45) is 0.431. The Balaban J connectivity index is 1.88. The minimum Gasteiger partial charge on any atom is -0.335 e. The van der Waals surface area contributed by atoms with Crippen LogP contribution >= 0.6 is 23.2 Å². The predicted molar refractivity (Wildman–Crippen MR) is 90.6 cm³/mol. The molecule has 1 N–H and O–H groups in total. The fourth-order valence-corrected chi connectivity index (χ4v) is 3.39. The number of alkyl halides is 2. The molecule has 23 heavy (non-hydrogen) atoms. The number of amides is 1. The van der Waals surface area contributed by atoms with E-state index < -0.39 is 9.75 Å². The summed E-state index contributed by atoms with van der Waals surface area (Å²) in [7, 11) is 0. The van der Waals surface area contributed by atoms with Crippen LogP contribution in [0.5, 0.6) is 0 Å². The maximum absolute atomic E-state index is 12.7. The van der Waals surface area contributed by atoms with Crippen LogP contribution in [0.25, 0.3) is 10.9 Å². The number of para-hydroxylation sites is 1. The van der Waals surface area contributed by atoms with Crippen molar-refractivity contribution >= 4 is 40.0 Å². The molecular weight excluding hydrogens is 337 g/mol.